The van der Waals surface area contributed by atoms with E-state index in [2.05, 4.69) is 5.32 Å². The van der Waals surface area contributed by atoms with E-state index in [1.807, 2.05) is 121 Å². The van der Waals surface area contributed by atoms with E-state index in [1.54, 1.807) is 37.3 Å². The standard InChI is InChI=1S/C43H36N2O7S/c1-28-27-53(50)41-35(40(47)45(41)36(28)43(49)52-38(32-23-13-5-14-24-32)33-25-15-6-16-26-33)44-39(46)34(29-17-7-2-8-18-29)42(48)51-37(30-19-9-3-10-20-30)31-21-11-4-12-22-31/h2-26,34-35,37-38,41H,27H2,1H3,(H,44,46)/t34?,35?,41-,53?/m1/s1. The zero-order chi connectivity index (χ0) is 36.9. The normalized spacial score (nSPS) is 18.5. The van der Waals surface area contributed by atoms with Gasteiger partial charge in [0.2, 0.25) is 11.3 Å². The summed E-state index contributed by atoms with van der Waals surface area (Å²) in [5.74, 6) is -4.47. The van der Waals surface area contributed by atoms with E-state index in [4.69, 9.17) is 9.47 Å². The third-order valence-corrected chi connectivity index (χ3v) is 11.0. The lowest BCUT2D eigenvalue weighted by Crippen LogP contribution is -2.75. The maximum atomic E-state index is 14.1. The van der Waals surface area contributed by atoms with Crippen LogP contribution in [0, 0.1) is 0 Å². The molecule has 2 aliphatic rings. The van der Waals surface area contributed by atoms with Gasteiger partial charge in [-0.2, -0.15) is 0 Å². The van der Waals surface area contributed by atoms with Crippen molar-refractivity contribution >= 4 is 34.9 Å². The van der Waals surface area contributed by atoms with Gasteiger partial charge in [-0.15, -0.1) is 0 Å². The van der Waals surface area contributed by atoms with E-state index >= 15 is 0 Å². The number of nitrogens with one attached hydrogen (secondary N) is 1. The zero-order valence-electron chi connectivity index (χ0n) is 28.7. The van der Waals surface area contributed by atoms with Crippen LogP contribution in [0.4, 0.5) is 0 Å². The first-order chi connectivity index (χ1) is 25.8. The Kier molecular flexibility index (Phi) is 10.5. The molecule has 10 heteroatoms. The molecular formula is C43H36N2O7S. The van der Waals surface area contributed by atoms with Crippen LogP contribution in [-0.4, -0.2) is 50.4 Å². The highest BCUT2D eigenvalue weighted by Crippen LogP contribution is 2.39. The summed E-state index contributed by atoms with van der Waals surface area (Å²) in [6.45, 7) is 1.64. The lowest BCUT2D eigenvalue weighted by atomic mass is 9.95. The number of benzene rings is 5. The molecule has 1 fully saturated rings. The summed E-state index contributed by atoms with van der Waals surface area (Å²) in [6, 6.07) is 44.1. The van der Waals surface area contributed by atoms with Gasteiger partial charge in [0.1, 0.15) is 11.4 Å². The van der Waals surface area contributed by atoms with E-state index in [-0.39, 0.29) is 11.4 Å². The predicted molar refractivity (Wildman–Crippen MR) is 199 cm³/mol. The van der Waals surface area contributed by atoms with Gasteiger partial charge in [-0.1, -0.05) is 152 Å². The summed E-state index contributed by atoms with van der Waals surface area (Å²) < 4.78 is 25.7. The molecule has 0 bridgehead atoms. The number of hydrogen-bond acceptors (Lipinski definition) is 7. The van der Waals surface area contributed by atoms with Gasteiger partial charge in [0, 0.05) is 5.57 Å². The van der Waals surface area contributed by atoms with Gasteiger partial charge in [0.25, 0.3) is 5.91 Å². The number of ether oxygens (including phenoxy) is 2. The highest BCUT2D eigenvalue weighted by Gasteiger charge is 2.61. The second-order valence-corrected chi connectivity index (χ2v) is 14.4. The smallest absolute Gasteiger partial charge is 0.356 e. The molecule has 5 aromatic rings. The molecule has 0 saturated carbocycles. The Morgan fingerprint density at radius 2 is 1.06 bits per heavy atom. The van der Waals surface area contributed by atoms with Crippen LogP contribution < -0.4 is 5.32 Å². The lowest BCUT2D eigenvalue weighted by molar-refractivity contribution is -0.157. The number of amides is 2. The Morgan fingerprint density at radius 3 is 1.49 bits per heavy atom. The van der Waals surface area contributed by atoms with Crippen LogP contribution >= 0.6 is 0 Å². The lowest BCUT2D eigenvalue weighted by Gasteiger charge is -2.49. The van der Waals surface area contributed by atoms with Crippen molar-refractivity contribution in [3.05, 3.63) is 191 Å². The molecule has 3 unspecified atom stereocenters. The van der Waals surface area contributed by atoms with E-state index in [0.717, 1.165) is 16.0 Å². The first kappa shape index (κ1) is 35.4. The molecule has 2 aliphatic heterocycles. The Labute approximate surface area is 310 Å². The van der Waals surface area contributed by atoms with Gasteiger partial charge in [-0.3, -0.25) is 19.3 Å². The van der Waals surface area contributed by atoms with E-state index < -0.39 is 64.5 Å². The van der Waals surface area contributed by atoms with Crippen molar-refractivity contribution < 1.29 is 33.2 Å². The van der Waals surface area contributed by atoms with Crippen LogP contribution in [0.3, 0.4) is 0 Å². The molecule has 0 aromatic heterocycles. The van der Waals surface area contributed by atoms with Crippen LogP contribution in [0.15, 0.2) is 163 Å². The van der Waals surface area contributed by atoms with Crippen molar-refractivity contribution in [2.24, 2.45) is 0 Å². The fourth-order valence-corrected chi connectivity index (χ4v) is 8.41. The highest BCUT2D eigenvalue weighted by atomic mass is 32.2. The molecular weight excluding hydrogens is 689 g/mol. The summed E-state index contributed by atoms with van der Waals surface area (Å²) in [7, 11) is 0. The van der Waals surface area contributed by atoms with Crippen LogP contribution in [0.1, 0.15) is 52.9 Å². The second kappa shape index (κ2) is 15.7. The van der Waals surface area contributed by atoms with E-state index in [0.29, 0.717) is 22.3 Å². The van der Waals surface area contributed by atoms with Crippen LogP contribution in [0.2, 0.25) is 0 Å². The highest BCUT2D eigenvalue weighted by molar-refractivity contribution is 7.92. The molecule has 5 aromatic carbocycles. The average molecular weight is 725 g/mol. The first-order valence-corrected chi connectivity index (χ1v) is 18.6. The average Bonchev–Trinajstić information content (AvgIpc) is 3.19. The number of carbonyl (C=O) groups excluding carboxylic acids is 4. The molecule has 1 saturated heterocycles. The van der Waals surface area contributed by atoms with Gasteiger partial charge in [0.15, 0.2) is 24.2 Å². The number of carbonyl (C=O) groups is 4. The number of esters is 2. The molecule has 1 N–H and O–H groups in total. The zero-order valence-corrected chi connectivity index (χ0v) is 29.6. The van der Waals surface area contributed by atoms with Crippen LogP contribution in [0.25, 0.3) is 0 Å². The van der Waals surface area contributed by atoms with Crippen LogP contribution in [0.5, 0.6) is 0 Å². The summed E-state index contributed by atoms with van der Waals surface area (Å²) in [5.41, 5.74) is 3.69. The third-order valence-electron chi connectivity index (χ3n) is 9.31. The van der Waals surface area contributed by atoms with Crippen molar-refractivity contribution in [3.63, 3.8) is 0 Å². The summed E-state index contributed by atoms with van der Waals surface area (Å²) in [6.07, 6.45) is -1.58. The Hall–Kier alpha value is -5.97. The van der Waals surface area contributed by atoms with Gasteiger partial charge >= 0.3 is 11.9 Å². The van der Waals surface area contributed by atoms with E-state index in [9.17, 15) is 23.7 Å². The van der Waals surface area contributed by atoms with Crippen molar-refractivity contribution in [2.75, 3.05) is 5.75 Å². The first-order valence-electron chi connectivity index (χ1n) is 17.2. The van der Waals surface area contributed by atoms with Gasteiger partial charge in [-0.05, 0) is 45.9 Å². The van der Waals surface area contributed by atoms with Gasteiger partial charge in [-0.25, -0.2) is 4.79 Å². The maximum Gasteiger partial charge on any atom is 0.356 e. The Bertz CT molecular complexity index is 2040. The summed E-state index contributed by atoms with van der Waals surface area (Å²) in [5, 5.41) is 1.65. The third kappa shape index (κ3) is 7.37. The second-order valence-electron chi connectivity index (χ2n) is 12.8. The SMILES string of the molecule is CC1=C(C(=O)OC(c2ccccc2)c2ccccc2)N2C(=O)C(NC(=O)C(C(=O)OC(c3ccccc3)c3ccccc3)c3ccccc3)[C@H]2[S+]([O-])C1. The van der Waals surface area contributed by atoms with E-state index in [1.165, 1.54) is 0 Å². The van der Waals surface area contributed by atoms with Crippen LogP contribution in [-0.2, 0) is 39.8 Å². The number of hydrogen-bond donors (Lipinski definition) is 1. The fraction of sp³-hybridized carbons (Fsp3) is 0.163. The maximum absolute atomic E-state index is 14.1. The summed E-state index contributed by atoms with van der Waals surface area (Å²) >= 11 is -1.67. The minimum Gasteiger partial charge on any atom is -0.614 e. The Balaban J connectivity index is 1.13. The Morgan fingerprint density at radius 1 is 0.660 bits per heavy atom. The molecule has 0 spiro atoms. The summed E-state index contributed by atoms with van der Waals surface area (Å²) in [4.78, 5) is 57.1. The van der Waals surface area contributed by atoms with Crippen molar-refractivity contribution in [1.29, 1.82) is 0 Å². The number of fused-ring (bicyclic) bond motifs is 1. The van der Waals surface area contributed by atoms with Crippen molar-refractivity contribution in [2.45, 2.75) is 36.5 Å². The molecule has 53 heavy (non-hydrogen) atoms. The molecule has 0 aliphatic carbocycles. The molecule has 2 amide bonds. The molecule has 2 heterocycles. The topological polar surface area (TPSA) is 125 Å². The molecule has 266 valence electrons. The monoisotopic (exact) mass is 724 g/mol. The van der Waals surface area contributed by atoms with Gasteiger partial charge < -0.3 is 19.3 Å². The molecule has 7 rings (SSSR count). The largest absolute Gasteiger partial charge is 0.614 e. The van der Waals surface area contributed by atoms with Crippen molar-refractivity contribution in [1.82, 2.24) is 10.2 Å². The number of rotatable bonds is 11. The number of nitrogens with zero attached hydrogens (tertiary/aromatic N) is 1. The molecule has 9 nitrogen and oxygen atoms in total. The minimum absolute atomic E-state index is 0.00505. The van der Waals surface area contributed by atoms with Crippen molar-refractivity contribution in [3.8, 4) is 0 Å². The molecule has 0 radical (unpaired) electrons. The fourth-order valence-electron chi connectivity index (χ4n) is 6.74. The predicted octanol–water partition coefficient (Wildman–Crippen LogP) is 6.13. The number of β-lactam (4-membered cyclic amide) rings is 1. The minimum atomic E-state index is -1.67. The van der Waals surface area contributed by atoms with Gasteiger partial charge in [0.05, 0.1) is 0 Å². The quantitative estimate of drug-likeness (QED) is 0.0753. The molecule has 4 atom stereocenters.